The second kappa shape index (κ2) is 13.3. The minimum atomic E-state index is -0.785. The van der Waals surface area contributed by atoms with Crippen LogP contribution in [0.4, 0.5) is 0 Å². The summed E-state index contributed by atoms with van der Waals surface area (Å²) >= 11 is 0. The second-order valence-electron chi connectivity index (χ2n) is 10.9. The normalized spacial score (nSPS) is 29.6. The number of nitrogens with zero attached hydrogens (tertiary/aromatic N) is 2. The average molecular weight is 499 g/mol. The fourth-order valence-corrected chi connectivity index (χ4v) is 5.96. The molecule has 2 aliphatic heterocycles. The van der Waals surface area contributed by atoms with Gasteiger partial charge in [-0.25, -0.2) is 0 Å². The van der Waals surface area contributed by atoms with Crippen molar-refractivity contribution in [3.05, 3.63) is 53.6 Å². The Kier molecular flexibility index (Phi) is 10.2. The van der Waals surface area contributed by atoms with E-state index < -0.39 is 5.79 Å². The van der Waals surface area contributed by atoms with Gasteiger partial charge in [-0.2, -0.15) is 0 Å². The quantitative estimate of drug-likeness (QED) is 0.337. The molecule has 2 fully saturated rings. The molecule has 200 valence electrons. The molecule has 1 aromatic rings. The molecule has 2 N–H and O–H groups in total. The average Bonchev–Trinajstić information content (AvgIpc) is 3.31. The van der Waals surface area contributed by atoms with Gasteiger partial charge in [0.25, 0.3) is 0 Å². The van der Waals surface area contributed by atoms with E-state index in [2.05, 4.69) is 66.1 Å². The minimum Gasteiger partial charge on any atom is -0.396 e. The van der Waals surface area contributed by atoms with Crippen LogP contribution in [0.2, 0.25) is 0 Å². The van der Waals surface area contributed by atoms with Crippen molar-refractivity contribution in [2.75, 3.05) is 59.1 Å². The third-order valence-corrected chi connectivity index (χ3v) is 8.13. The maximum absolute atomic E-state index is 9.81. The Bertz CT molecular complexity index is 887. The van der Waals surface area contributed by atoms with Crippen LogP contribution in [0.3, 0.4) is 0 Å². The van der Waals surface area contributed by atoms with Crippen LogP contribution in [0.25, 0.3) is 5.57 Å². The lowest BCUT2D eigenvalue weighted by molar-refractivity contribution is -0.223. The van der Waals surface area contributed by atoms with Gasteiger partial charge in [-0.15, -0.1) is 0 Å². The Labute approximate surface area is 217 Å². The van der Waals surface area contributed by atoms with Gasteiger partial charge in [0.2, 0.25) is 0 Å². The van der Waals surface area contributed by atoms with E-state index in [4.69, 9.17) is 9.47 Å². The van der Waals surface area contributed by atoms with E-state index in [0.717, 1.165) is 71.4 Å². The molecule has 0 amide bonds. The molecule has 2 saturated heterocycles. The number of β-amino-alcohol motifs (C(OH)–C–C–N with tert-alkyl or cyclic N) is 1. The van der Waals surface area contributed by atoms with E-state index >= 15 is 0 Å². The molecule has 36 heavy (non-hydrogen) atoms. The van der Waals surface area contributed by atoms with Crippen LogP contribution in [-0.4, -0.2) is 91.0 Å². The van der Waals surface area contributed by atoms with Gasteiger partial charge < -0.3 is 29.5 Å². The van der Waals surface area contributed by atoms with E-state index in [9.17, 15) is 10.2 Å². The molecule has 0 bridgehead atoms. The highest BCUT2D eigenvalue weighted by Crippen LogP contribution is 2.40. The highest BCUT2D eigenvalue weighted by atomic mass is 16.7. The van der Waals surface area contributed by atoms with Gasteiger partial charge in [-0.05, 0) is 74.3 Å². The van der Waals surface area contributed by atoms with E-state index in [1.54, 1.807) is 0 Å². The number of benzene rings is 1. The topological polar surface area (TPSA) is 65.4 Å². The SMILES string of the molecule is Cc1ccccc1C1=CC=CC(OCCCN2CCCC(CO)C2)(OCCCN2CC[C@@H](O)C2)C1C. The van der Waals surface area contributed by atoms with Crippen molar-refractivity contribution in [2.45, 2.75) is 57.8 Å². The van der Waals surface area contributed by atoms with Gasteiger partial charge in [-0.3, -0.25) is 0 Å². The highest BCUT2D eigenvalue weighted by Gasteiger charge is 2.40. The van der Waals surface area contributed by atoms with Crippen LogP contribution in [0.1, 0.15) is 50.2 Å². The van der Waals surface area contributed by atoms with Crippen molar-refractivity contribution in [1.82, 2.24) is 9.80 Å². The summed E-state index contributed by atoms with van der Waals surface area (Å²) in [6.07, 6.45) is 11.2. The van der Waals surface area contributed by atoms with Crippen LogP contribution in [-0.2, 0) is 9.47 Å². The lowest BCUT2D eigenvalue weighted by Crippen LogP contribution is -2.44. The van der Waals surface area contributed by atoms with Crippen LogP contribution in [0.15, 0.2) is 42.5 Å². The number of likely N-dealkylation sites (tertiary alicyclic amines) is 2. The van der Waals surface area contributed by atoms with E-state index in [1.807, 2.05) is 0 Å². The molecule has 0 aromatic heterocycles. The largest absolute Gasteiger partial charge is 0.396 e. The molecule has 4 rings (SSSR count). The zero-order chi connectivity index (χ0) is 25.4. The monoisotopic (exact) mass is 498 g/mol. The van der Waals surface area contributed by atoms with Crippen molar-refractivity contribution >= 4 is 5.57 Å². The fraction of sp³-hybridized carbons (Fsp3) is 0.667. The number of allylic oxidation sites excluding steroid dienone is 2. The molecule has 0 spiro atoms. The lowest BCUT2D eigenvalue weighted by Gasteiger charge is -2.40. The first-order chi connectivity index (χ1) is 17.5. The summed E-state index contributed by atoms with van der Waals surface area (Å²) in [5.74, 6) is -0.313. The first kappa shape index (κ1) is 27.5. The number of aliphatic hydroxyl groups is 2. The Morgan fingerprint density at radius 2 is 1.72 bits per heavy atom. The summed E-state index contributed by atoms with van der Waals surface area (Å²) < 4.78 is 13.2. The third kappa shape index (κ3) is 7.06. The molecular formula is C30H46N2O4. The zero-order valence-electron chi connectivity index (χ0n) is 22.3. The number of ether oxygens (including phenoxy) is 2. The van der Waals surface area contributed by atoms with Crippen LogP contribution >= 0.6 is 0 Å². The van der Waals surface area contributed by atoms with Crippen molar-refractivity contribution in [3.63, 3.8) is 0 Å². The summed E-state index contributed by atoms with van der Waals surface area (Å²) in [7, 11) is 0. The minimum absolute atomic E-state index is 0.0611. The van der Waals surface area contributed by atoms with Gasteiger partial charge in [0.05, 0.1) is 19.3 Å². The molecule has 4 atom stereocenters. The molecular weight excluding hydrogens is 452 g/mol. The standard InChI is InChI=1S/C30H46N2O4/c1-24-9-3-4-11-28(24)29-12-5-14-30(25(29)2,36-20-8-17-32-18-13-27(34)22-32)35-19-7-16-31-15-6-10-26(21-31)23-33/h3-5,9,11-12,14,25-27,33-34H,6-8,10,13,15-23H2,1-2H3/t25?,26?,27-,30?/m1/s1. The summed E-state index contributed by atoms with van der Waals surface area (Å²) in [4.78, 5) is 4.78. The fourth-order valence-electron chi connectivity index (χ4n) is 5.96. The summed E-state index contributed by atoms with van der Waals surface area (Å²) in [6.45, 7) is 11.7. The molecule has 6 nitrogen and oxygen atoms in total. The number of aliphatic hydroxyl groups excluding tert-OH is 2. The molecule has 1 aromatic carbocycles. The number of hydrogen-bond acceptors (Lipinski definition) is 6. The molecule has 6 heteroatoms. The zero-order valence-corrected chi connectivity index (χ0v) is 22.3. The molecule has 0 saturated carbocycles. The molecule has 0 radical (unpaired) electrons. The van der Waals surface area contributed by atoms with Crippen LogP contribution in [0.5, 0.6) is 0 Å². The maximum atomic E-state index is 9.81. The lowest BCUT2D eigenvalue weighted by atomic mass is 9.82. The van der Waals surface area contributed by atoms with E-state index in [0.29, 0.717) is 19.1 Å². The van der Waals surface area contributed by atoms with Crippen LogP contribution in [0, 0.1) is 18.8 Å². The molecule has 3 unspecified atom stereocenters. The van der Waals surface area contributed by atoms with Gasteiger partial charge >= 0.3 is 0 Å². The van der Waals surface area contributed by atoms with Crippen molar-refractivity contribution in [2.24, 2.45) is 11.8 Å². The number of rotatable bonds is 12. The highest BCUT2D eigenvalue weighted by molar-refractivity contribution is 5.73. The summed E-state index contributed by atoms with van der Waals surface area (Å²) in [5.41, 5.74) is 3.76. The molecule has 1 aliphatic carbocycles. The predicted octanol–water partition coefficient (Wildman–Crippen LogP) is 3.86. The van der Waals surface area contributed by atoms with Crippen LogP contribution < -0.4 is 0 Å². The van der Waals surface area contributed by atoms with Gasteiger partial charge in [0.15, 0.2) is 5.79 Å². The Morgan fingerprint density at radius 1 is 1.00 bits per heavy atom. The van der Waals surface area contributed by atoms with Crippen molar-refractivity contribution in [3.8, 4) is 0 Å². The predicted molar refractivity (Wildman–Crippen MR) is 145 cm³/mol. The first-order valence-electron chi connectivity index (χ1n) is 14.0. The maximum Gasteiger partial charge on any atom is 0.194 e. The molecule has 3 aliphatic rings. The number of aryl methyl sites for hydroxylation is 1. The van der Waals surface area contributed by atoms with E-state index in [-0.39, 0.29) is 18.6 Å². The Balaban J connectivity index is 1.37. The third-order valence-electron chi connectivity index (χ3n) is 8.13. The van der Waals surface area contributed by atoms with Gasteiger partial charge in [0, 0.05) is 45.2 Å². The first-order valence-corrected chi connectivity index (χ1v) is 14.0. The summed E-state index contributed by atoms with van der Waals surface area (Å²) in [5, 5.41) is 19.4. The second-order valence-corrected chi connectivity index (χ2v) is 10.9. The summed E-state index contributed by atoms with van der Waals surface area (Å²) in [6, 6.07) is 8.53. The van der Waals surface area contributed by atoms with Crippen molar-refractivity contribution in [1.29, 1.82) is 0 Å². The smallest absolute Gasteiger partial charge is 0.194 e. The molecule has 2 heterocycles. The number of piperidine rings is 1. The number of hydrogen-bond donors (Lipinski definition) is 2. The van der Waals surface area contributed by atoms with Gasteiger partial charge in [-0.1, -0.05) is 43.3 Å². The Morgan fingerprint density at radius 3 is 2.39 bits per heavy atom. The van der Waals surface area contributed by atoms with Gasteiger partial charge in [0.1, 0.15) is 0 Å². The van der Waals surface area contributed by atoms with E-state index in [1.165, 1.54) is 16.7 Å². The Hall–Kier alpha value is -1.54. The van der Waals surface area contributed by atoms with Crippen molar-refractivity contribution < 1.29 is 19.7 Å².